The summed E-state index contributed by atoms with van der Waals surface area (Å²) >= 11 is 0. The monoisotopic (exact) mass is 278 g/mol. The van der Waals surface area contributed by atoms with Crippen LogP contribution < -0.4 is 9.59 Å². The first kappa shape index (κ1) is 22.4. The van der Waals surface area contributed by atoms with E-state index in [0.29, 0.717) is 0 Å². The van der Waals surface area contributed by atoms with Crippen LogP contribution >= 0.6 is 0 Å². The molecule has 0 unspecified atom stereocenters. The van der Waals surface area contributed by atoms with E-state index in [-0.39, 0.29) is 130 Å². The standard InChI is InChI=1S/Ba.K.Na.O3Si.2H/c;;;1-4(2)3;;/q+2;;;-2;;. The van der Waals surface area contributed by atoms with Gasteiger partial charge in [0.1, 0.15) is 0 Å². The molecule has 0 N–H and O–H groups in total. The molecule has 0 saturated carbocycles. The molecule has 0 saturated heterocycles. The van der Waals surface area contributed by atoms with Gasteiger partial charge in [0.25, 0.3) is 0 Å². The Morgan fingerprint density at radius 1 is 1.29 bits per heavy atom. The molecule has 0 fully saturated rings. The van der Waals surface area contributed by atoms with Gasteiger partial charge in [0.2, 0.25) is 0 Å². The van der Waals surface area contributed by atoms with E-state index in [0.717, 1.165) is 0 Å². The van der Waals surface area contributed by atoms with Gasteiger partial charge < -0.3 is 14.1 Å². The average molecular weight is 278 g/mol. The van der Waals surface area contributed by atoms with Crippen molar-refractivity contribution in [2.24, 2.45) is 0 Å². The average Bonchev–Trinajstić information content (AvgIpc) is 0.811. The van der Waals surface area contributed by atoms with Crippen LogP contribution in [0.25, 0.3) is 0 Å². The van der Waals surface area contributed by atoms with Crippen LogP contribution in [0.3, 0.4) is 0 Å². The van der Waals surface area contributed by atoms with Crippen molar-refractivity contribution in [3.8, 4) is 0 Å². The van der Waals surface area contributed by atoms with Crippen LogP contribution in [-0.4, -0.2) is 139 Å². The van der Waals surface area contributed by atoms with Crippen molar-refractivity contribution in [3.05, 3.63) is 0 Å². The molecule has 0 aliphatic heterocycles. The minimum absolute atomic E-state index is 0. The zero-order valence-electron chi connectivity index (χ0n) is 2.43. The fourth-order valence-electron chi connectivity index (χ4n) is 0. The molecule has 0 aliphatic rings. The SMILES string of the molecule is O=[Si]([O-])[O-].[Ba+2].[KH].[NaH]. The predicted molar refractivity (Wildman–Crippen MR) is 26.5 cm³/mol. The molecule has 0 amide bonds. The Balaban J connectivity index is -0.0000000150. The Hall–Kier alpha value is 3.82. The summed E-state index contributed by atoms with van der Waals surface area (Å²) in [6.07, 6.45) is 0. The third-order valence-electron chi connectivity index (χ3n) is 0. The van der Waals surface area contributed by atoms with Gasteiger partial charge in [0.05, 0.1) is 0 Å². The normalized spacial score (nSPS) is 3.43. The van der Waals surface area contributed by atoms with E-state index in [9.17, 15) is 0 Å². The number of hydrogen-bond donors (Lipinski definition) is 0. The fraction of sp³-hybridized carbons (Fsp3) is 0. The van der Waals surface area contributed by atoms with E-state index in [4.69, 9.17) is 14.1 Å². The second-order valence-corrected chi connectivity index (χ2v) is 0.750. The third-order valence-corrected chi connectivity index (χ3v) is 0. The Labute approximate surface area is 148 Å². The van der Waals surface area contributed by atoms with Crippen LogP contribution in [0, 0.1) is 0 Å². The van der Waals surface area contributed by atoms with E-state index in [1.165, 1.54) is 0 Å². The summed E-state index contributed by atoms with van der Waals surface area (Å²) in [6, 6.07) is 0. The van der Waals surface area contributed by atoms with E-state index in [2.05, 4.69) is 0 Å². The molecule has 0 aromatic heterocycles. The van der Waals surface area contributed by atoms with Gasteiger partial charge in [-0.25, -0.2) is 0 Å². The van der Waals surface area contributed by atoms with E-state index in [1.54, 1.807) is 0 Å². The molecule has 7 heavy (non-hydrogen) atoms. The molecule has 7 heteroatoms. The van der Waals surface area contributed by atoms with Crippen LogP contribution in [0.4, 0.5) is 0 Å². The number of rotatable bonds is 0. The Kier molecular flexibility index (Phi) is 52.6. The Morgan fingerprint density at radius 2 is 1.29 bits per heavy atom. The van der Waals surface area contributed by atoms with Crippen molar-refractivity contribution >= 4 is 139 Å². The van der Waals surface area contributed by atoms with Crippen molar-refractivity contribution in [1.82, 2.24) is 0 Å². The zero-order chi connectivity index (χ0) is 3.58. The Morgan fingerprint density at radius 3 is 1.29 bits per heavy atom. The fourth-order valence-corrected chi connectivity index (χ4v) is 0. The predicted octanol–water partition coefficient (Wildman–Crippen LogP) is -4.56. The molecule has 3 nitrogen and oxygen atoms in total. The van der Waals surface area contributed by atoms with Crippen molar-refractivity contribution in [3.63, 3.8) is 0 Å². The Bertz CT molecular complexity index is 37.9. The maximum absolute atomic E-state index is 8.52. The first-order chi connectivity index (χ1) is 1.73. The molecule has 0 aromatic rings. The van der Waals surface area contributed by atoms with Gasteiger partial charge in [0.15, 0.2) is 0 Å². The molecule has 0 rings (SSSR count). The van der Waals surface area contributed by atoms with Gasteiger partial charge in [-0.3, -0.25) is 0 Å². The van der Waals surface area contributed by atoms with Crippen molar-refractivity contribution in [1.29, 1.82) is 0 Å². The van der Waals surface area contributed by atoms with Crippen LogP contribution in [0.5, 0.6) is 0 Å². The first-order valence-corrected chi connectivity index (χ1v) is 1.84. The van der Waals surface area contributed by atoms with Gasteiger partial charge in [-0.15, -0.1) is 0 Å². The summed E-state index contributed by atoms with van der Waals surface area (Å²) in [4.78, 5) is 17.0. The maximum atomic E-state index is 8.52. The summed E-state index contributed by atoms with van der Waals surface area (Å²) in [7, 11) is -3.63. The van der Waals surface area contributed by atoms with Crippen LogP contribution in [0.15, 0.2) is 0 Å². The van der Waals surface area contributed by atoms with E-state index in [1.807, 2.05) is 0 Å². The third kappa shape index (κ3) is 41.1. The molecule has 0 bridgehead atoms. The van der Waals surface area contributed by atoms with Crippen LogP contribution in [0.2, 0.25) is 0 Å². The quantitative estimate of drug-likeness (QED) is 0.419. The summed E-state index contributed by atoms with van der Waals surface area (Å²) in [5.41, 5.74) is 0. The zero-order valence-corrected chi connectivity index (χ0v) is 7.87. The molecule has 0 aliphatic carbocycles. The minimum atomic E-state index is -3.63. The van der Waals surface area contributed by atoms with Gasteiger partial charge in [0, 0.05) is 9.17 Å². The summed E-state index contributed by atoms with van der Waals surface area (Å²) in [5, 5.41) is 0. The van der Waals surface area contributed by atoms with Gasteiger partial charge in [-0.1, -0.05) is 0 Å². The molecule has 0 atom stereocenters. The second kappa shape index (κ2) is 16.4. The topological polar surface area (TPSA) is 63.2 Å². The molecule has 0 radical (unpaired) electrons. The first-order valence-electron chi connectivity index (χ1n) is 0.612. The molecule has 0 heterocycles. The summed E-state index contributed by atoms with van der Waals surface area (Å²) in [6.45, 7) is 0. The number of hydrogen-bond acceptors (Lipinski definition) is 3. The van der Waals surface area contributed by atoms with Crippen molar-refractivity contribution in [2.75, 3.05) is 0 Å². The van der Waals surface area contributed by atoms with Crippen molar-refractivity contribution < 1.29 is 14.1 Å². The molecular formula is H2BaKNaO3Si. The van der Waals surface area contributed by atoms with Gasteiger partial charge in [-0.2, -0.15) is 0 Å². The second-order valence-electron chi connectivity index (χ2n) is 0.250. The summed E-state index contributed by atoms with van der Waals surface area (Å²) in [5.74, 6) is 0. The molecule has 28 valence electrons. The molecule has 0 aromatic carbocycles. The molecule has 0 spiro atoms. The van der Waals surface area contributed by atoms with Crippen LogP contribution in [-0.2, 0) is 4.46 Å². The van der Waals surface area contributed by atoms with E-state index >= 15 is 0 Å². The van der Waals surface area contributed by atoms with Gasteiger partial charge in [-0.05, 0) is 0 Å². The van der Waals surface area contributed by atoms with Crippen LogP contribution in [0.1, 0.15) is 0 Å². The summed E-state index contributed by atoms with van der Waals surface area (Å²) < 4.78 is 8.52. The van der Waals surface area contributed by atoms with Crippen molar-refractivity contribution in [2.45, 2.75) is 0 Å². The molecular weight excluding hydrogens is 275 g/mol. The van der Waals surface area contributed by atoms with E-state index < -0.39 is 9.17 Å². The van der Waals surface area contributed by atoms with Gasteiger partial charge >= 0.3 is 130 Å².